The standard InChI is InChI=1S/C24H22N2O4/c1-28-21-15-19(16-22-24(21)30-13-12-29-22)4-7-23(27)26-20-5-2-17(3-6-20)14-18-8-10-25-11-9-18/h2-11,15-16H,12-14H2,1H3,(H,26,27)/b7-4+. The highest BCUT2D eigenvalue weighted by Crippen LogP contribution is 2.40. The van der Waals surface area contributed by atoms with Gasteiger partial charge in [-0.2, -0.15) is 0 Å². The summed E-state index contributed by atoms with van der Waals surface area (Å²) < 4.78 is 16.6. The molecule has 0 saturated carbocycles. The number of rotatable bonds is 6. The minimum atomic E-state index is -0.217. The number of nitrogens with zero attached hydrogens (tertiary/aromatic N) is 1. The van der Waals surface area contributed by atoms with Crippen LogP contribution in [0.1, 0.15) is 16.7 Å². The topological polar surface area (TPSA) is 69.7 Å². The third-order valence-electron chi connectivity index (χ3n) is 4.66. The van der Waals surface area contributed by atoms with E-state index in [9.17, 15) is 4.79 Å². The molecular formula is C24H22N2O4. The van der Waals surface area contributed by atoms with Crippen molar-refractivity contribution in [1.29, 1.82) is 0 Å². The fraction of sp³-hybridized carbons (Fsp3) is 0.167. The summed E-state index contributed by atoms with van der Waals surface area (Å²) in [6, 6.07) is 15.4. The number of pyridine rings is 1. The van der Waals surface area contributed by atoms with E-state index in [1.807, 2.05) is 48.5 Å². The molecular weight excluding hydrogens is 380 g/mol. The lowest BCUT2D eigenvalue weighted by Crippen LogP contribution is -2.16. The molecule has 0 saturated heterocycles. The Labute approximate surface area is 175 Å². The second-order valence-electron chi connectivity index (χ2n) is 6.80. The third kappa shape index (κ3) is 4.78. The molecule has 1 amide bonds. The molecule has 2 heterocycles. The first kappa shape index (κ1) is 19.5. The average Bonchev–Trinajstić information content (AvgIpc) is 2.79. The summed E-state index contributed by atoms with van der Waals surface area (Å²) in [6.07, 6.45) is 7.59. The summed E-state index contributed by atoms with van der Waals surface area (Å²) in [5.74, 6) is 1.57. The summed E-state index contributed by atoms with van der Waals surface area (Å²) >= 11 is 0. The largest absolute Gasteiger partial charge is 0.493 e. The van der Waals surface area contributed by atoms with Gasteiger partial charge in [0.25, 0.3) is 0 Å². The summed E-state index contributed by atoms with van der Waals surface area (Å²) in [5, 5.41) is 2.87. The van der Waals surface area contributed by atoms with Gasteiger partial charge >= 0.3 is 0 Å². The van der Waals surface area contributed by atoms with Crippen LogP contribution in [0.4, 0.5) is 5.69 Å². The maximum atomic E-state index is 12.3. The number of aromatic nitrogens is 1. The second kappa shape index (κ2) is 9.13. The second-order valence-corrected chi connectivity index (χ2v) is 6.80. The minimum Gasteiger partial charge on any atom is -0.493 e. The summed E-state index contributed by atoms with van der Waals surface area (Å²) in [5.41, 5.74) is 3.89. The van der Waals surface area contributed by atoms with E-state index in [-0.39, 0.29) is 5.91 Å². The van der Waals surface area contributed by atoms with E-state index in [0.29, 0.717) is 30.5 Å². The van der Waals surface area contributed by atoms with Gasteiger partial charge in [-0.1, -0.05) is 12.1 Å². The van der Waals surface area contributed by atoms with Crippen LogP contribution in [-0.4, -0.2) is 31.2 Å². The van der Waals surface area contributed by atoms with E-state index in [2.05, 4.69) is 10.3 Å². The Morgan fingerprint density at radius 2 is 1.80 bits per heavy atom. The highest BCUT2D eigenvalue weighted by molar-refractivity contribution is 6.02. The van der Waals surface area contributed by atoms with Gasteiger partial charge in [0.15, 0.2) is 11.5 Å². The highest BCUT2D eigenvalue weighted by Gasteiger charge is 2.17. The highest BCUT2D eigenvalue weighted by atomic mass is 16.6. The molecule has 3 aromatic rings. The molecule has 30 heavy (non-hydrogen) atoms. The Bertz CT molecular complexity index is 1030. The molecule has 0 atom stereocenters. The van der Waals surface area contributed by atoms with Crippen molar-refractivity contribution in [3.63, 3.8) is 0 Å². The number of fused-ring (bicyclic) bond motifs is 1. The molecule has 1 aliphatic heterocycles. The first-order chi connectivity index (χ1) is 14.7. The van der Waals surface area contributed by atoms with E-state index < -0.39 is 0 Å². The van der Waals surface area contributed by atoms with Crippen LogP contribution in [0.25, 0.3) is 6.08 Å². The Balaban J connectivity index is 1.39. The van der Waals surface area contributed by atoms with Crippen molar-refractivity contribution in [2.75, 3.05) is 25.6 Å². The monoisotopic (exact) mass is 402 g/mol. The normalized spacial score (nSPS) is 12.6. The lowest BCUT2D eigenvalue weighted by atomic mass is 10.1. The van der Waals surface area contributed by atoms with Gasteiger partial charge in [-0.05, 0) is 65.6 Å². The van der Waals surface area contributed by atoms with Gasteiger partial charge in [-0.25, -0.2) is 0 Å². The van der Waals surface area contributed by atoms with Crippen LogP contribution >= 0.6 is 0 Å². The van der Waals surface area contributed by atoms with Crippen LogP contribution in [0.2, 0.25) is 0 Å². The van der Waals surface area contributed by atoms with E-state index in [1.54, 1.807) is 25.6 Å². The van der Waals surface area contributed by atoms with Gasteiger partial charge in [0.2, 0.25) is 11.7 Å². The van der Waals surface area contributed by atoms with Crippen molar-refractivity contribution < 1.29 is 19.0 Å². The molecule has 2 aromatic carbocycles. The number of nitrogens with one attached hydrogen (secondary N) is 1. The lowest BCUT2D eigenvalue weighted by Gasteiger charge is -2.20. The lowest BCUT2D eigenvalue weighted by molar-refractivity contribution is -0.111. The number of amides is 1. The number of methoxy groups -OCH3 is 1. The molecule has 6 heteroatoms. The SMILES string of the molecule is COc1cc(/C=C/C(=O)Nc2ccc(Cc3ccncc3)cc2)cc2c1OCCO2. The molecule has 0 fully saturated rings. The van der Waals surface area contributed by atoms with Gasteiger partial charge in [-0.3, -0.25) is 9.78 Å². The Morgan fingerprint density at radius 1 is 1.07 bits per heavy atom. The van der Waals surface area contributed by atoms with Gasteiger partial charge in [-0.15, -0.1) is 0 Å². The molecule has 0 aliphatic carbocycles. The van der Waals surface area contributed by atoms with Crippen molar-refractivity contribution >= 4 is 17.7 Å². The van der Waals surface area contributed by atoms with Gasteiger partial charge in [0.05, 0.1) is 7.11 Å². The molecule has 1 aromatic heterocycles. The van der Waals surface area contributed by atoms with Crippen molar-refractivity contribution in [2.24, 2.45) is 0 Å². The molecule has 0 radical (unpaired) electrons. The van der Waals surface area contributed by atoms with Gasteiger partial charge < -0.3 is 19.5 Å². The van der Waals surface area contributed by atoms with Crippen LogP contribution in [0.3, 0.4) is 0 Å². The van der Waals surface area contributed by atoms with Gasteiger partial charge in [0.1, 0.15) is 13.2 Å². The average molecular weight is 402 g/mol. The van der Waals surface area contributed by atoms with E-state index in [1.165, 1.54) is 11.6 Å². The zero-order valence-electron chi connectivity index (χ0n) is 16.6. The molecule has 152 valence electrons. The van der Waals surface area contributed by atoms with Crippen LogP contribution < -0.4 is 19.5 Å². The molecule has 0 unspecified atom stereocenters. The number of benzene rings is 2. The quantitative estimate of drug-likeness (QED) is 0.629. The van der Waals surface area contributed by atoms with Crippen LogP contribution in [-0.2, 0) is 11.2 Å². The van der Waals surface area contributed by atoms with E-state index in [0.717, 1.165) is 23.2 Å². The molecule has 4 rings (SSSR count). The predicted molar refractivity (Wildman–Crippen MR) is 115 cm³/mol. The Kier molecular flexibility index (Phi) is 5.94. The summed E-state index contributed by atoms with van der Waals surface area (Å²) in [6.45, 7) is 0.975. The first-order valence-corrected chi connectivity index (χ1v) is 9.66. The van der Waals surface area contributed by atoms with Crippen LogP contribution in [0, 0.1) is 0 Å². The fourth-order valence-electron chi connectivity index (χ4n) is 3.19. The maximum absolute atomic E-state index is 12.3. The van der Waals surface area contributed by atoms with Crippen LogP contribution in [0.15, 0.2) is 67.0 Å². The Hall–Kier alpha value is -3.80. The molecule has 1 aliphatic rings. The maximum Gasteiger partial charge on any atom is 0.248 e. The van der Waals surface area contributed by atoms with E-state index in [4.69, 9.17) is 14.2 Å². The van der Waals surface area contributed by atoms with Crippen molar-refractivity contribution in [1.82, 2.24) is 4.98 Å². The van der Waals surface area contributed by atoms with Crippen molar-refractivity contribution in [3.05, 3.63) is 83.7 Å². The molecule has 0 spiro atoms. The summed E-state index contributed by atoms with van der Waals surface area (Å²) in [7, 11) is 1.58. The van der Waals surface area contributed by atoms with Gasteiger partial charge in [0, 0.05) is 24.2 Å². The molecule has 1 N–H and O–H groups in total. The number of hydrogen-bond acceptors (Lipinski definition) is 5. The number of carbonyl (C=O) groups excluding carboxylic acids is 1. The van der Waals surface area contributed by atoms with Crippen molar-refractivity contribution in [2.45, 2.75) is 6.42 Å². The zero-order valence-corrected chi connectivity index (χ0v) is 16.6. The summed E-state index contributed by atoms with van der Waals surface area (Å²) in [4.78, 5) is 16.3. The minimum absolute atomic E-state index is 0.217. The predicted octanol–water partition coefficient (Wildman–Crippen LogP) is 4.10. The number of ether oxygens (including phenoxy) is 3. The first-order valence-electron chi connectivity index (χ1n) is 9.66. The van der Waals surface area contributed by atoms with Crippen molar-refractivity contribution in [3.8, 4) is 17.2 Å². The fourth-order valence-corrected chi connectivity index (χ4v) is 3.19. The number of anilines is 1. The molecule has 6 nitrogen and oxygen atoms in total. The number of hydrogen-bond donors (Lipinski definition) is 1. The molecule has 0 bridgehead atoms. The number of carbonyl (C=O) groups is 1. The Morgan fingerprint density at radius 3 is 2.57 bits per heavy atom. The van der Waals surface area contributed by atoms with Crippen LogP contribution in [0.5, 0.6) is 17.2 Å². The smallest absolute Gasteiger partial charge is 0.248 e. The van der Waals surface area contributed by atoms with E-state index >= 15 is 0 Å². The zero-order chi connectivity index (χ0) is 20.8. The third-order valence-corrected chi connectivity index (χ3v) is 4.66.